The van der Waals surface area contributed by atoms with Gasteiger partial charge in [0.15, 0.2) is 11.5 Å². The molecule has 0 atom stereocenters. The van der Waals surface area contributed by atoms with Gasteiger partial charge in [0.25, 0.3) is 0 Å². The van der Waals surface area contributed by atoms with E-state index in [2.05, 4.69) is 33.4 Å². The lowest BCUT2D eigenvalue weighted by Gasteiger charge is -2.24. The molecule has 0 radical (unpaired) electrons. The summed E-state index contributed by atoms with van der Waals surface area (Å²) in [6.45, 7) is 3.70. The number of hydrogen-bond acceptors (Lipinski definition) is 3. The van der Waals surface area contributed by atoms with E-state index in [-0.39, 0.29) is 0 Å². The van der Waals surface area contributed by atoms with Crippen molar-refractivity contribution >= 4 is 15.9 Å². The van der Waals surface area contributed by atoms with Crippen LogP contribution in [-0.2, 0) is 0 Å². The molecule has 2 aliphatic heterocycles. The van der Waals surface area contributed by atoms with Crippen molar-refractivity contribution in [3.63, 3.8) is 0 Å². The maximum atomic E-state index is 5.77. The Morgan fingerprint density at radius 2 is 1.72 bits per heavy atom. The number of hydrogen-bond donors (Lipinski definition) is 1. The van der Waals surface area contributed by atoms with Crippen LogP contribution in [0, 0.1) is 0 Å². The predicted octanol–water partition coefficient (Wildman–Crippen LogP) is 3.08. The first-order valence-electron chi connectivity index (χ1n) is 6.64. The zero-order valence-corrected chi connectivity index (χ0v) is 12.0. The zero-order valence-electron chi connectivity index (χ0n) is 10.4. The molecule has 1 N–H and O–H groups in total. The van der Waals surface area contributed by atoms with Gasteiger partial charge in [0, 0.05) is 10.9 Å². The van der Waals surface area contributed by atoms with Crippen molar-refractivity contribution in [2.45, 2.75) is 25.2 Å². The third kappa shape index (κ3) is 2.50. The first-order chi connectivity index (χ1) is 8.84. The highest BCUT2D eigenvalue weighted by Gasteiger charge is 2.21. The van der Waals surface area contributed by atoms with Crippen LogP contribution in [0.2, 0.25) is 0 Å². The van der Waals surface area contributed by atoms with E-state index in [1.54, 1.807) is 0 Å². The maximum Gasteiger partial charge on any atom is 0.162 e. The van der Waals surface area contributed by atoms with Crippen LogP contribution >= 0.6 is 15.9 Å². The molecule has 18 heavy (non-hydrogen) atoms. The van der Waals surface area contributed by atoms with Crippen LogP contribution in [0.1, 0.15) is 30.7 Å². The molecule has 4 heteroatoms. The highest BCUT2D eigenvalue weighted by atomic mass is 79.9. The summed E-state index contributed by atoms with van der Waals surface area (Å²) in [7, 11) is 0. The van der Waals surface area contributed by atoms with Gasteiger partial charge in [-0.1, -0.05) is 15.9 Å². The number of rotatable bonds is 1. The van der Waals surface area contributed by atoms with Gasteiger partial charge in [0.1, 0.15) is 0 Å². The van der Waals surface area contributed by atoms with Gasteiger partial charge in [-0.3, -0.25) is 0 Å². The maximum absolute atomic E-state index is 5.77. The Kier molecular flexibility index (Phi) is 3.75. The zero-order chi connectivity index (χ0) is 12.4. The van der Waals surface area contributed by atoms with E-state index in [9.17, 15) is 0 Å². The van der Waals surface area contributed by atoms with Gasteiger partial charge >= 0.3 is 0 Å². The van der Waals surface area contributed by atoms with Crippen molar-refractivity contribution in [1.29, 1.82) is 0 Å². The molecule has 98 valence electrons. The van der Waals surface area contributed by atoms with Crippen LogP contribution in [-0.4, -0.2) is 26.3 Å². The lowest BCUT2D eigenvalue weighted by atomic mass is 9.90. The van der Waals surface area contributed by atoms with Crippen molar-refractivity contribution < 1.29 is 9.47 Å². The molecule has 0 bridgehead atoms. The minimum absolute atomic E-state index is 0.623. The van der Waals surface area contributed by atoms with Gasteiger partial charge in [0.05, 0.1) is 13.2 Å². The van der Waals surface area contributed by atoms with Crippen molar-refractivity contribution in [2.75, 3.05) is 26.3 Å². The van der Waals surface area contributed by atoms with Gasteiger partial charge in [-0.25, -0.2) is 0 Å². The molecule has 0 aliphatic carbocycles. The number of fused-ring (bicyclic) bond motifs is 1. The van der Waals surface area contributed by atoms with Gasteiger partial charge in [0.2, 0.25) is 0 Å². The summed E-state index contributed by atoms with van der Waals surface area (Å²) in [6, 6.07) is 4.23. The highest BCUT2D eigenvalue weighted by Crippen LogP contribution is 2.40. The fraction of sp³-hybridized carbons (Fsp3) is 0.571. The standard InChI is InChI=1S/C14H18BrNO2/c15-12-9-14-13(17-6-1-7-18-14)8-11(12)10-2-4-16-5-3-10/h8-10,16H,1-7H2. The number of benzene rings is 1. The number of halogens is 1. The second kappa shape index (κ2) is 5.49. The van der Waals surface area contributed by atoms with E-state index in [4.69, 9.17) is 9.47 Å². The Balaban J connectivity index is 1.92. The lowest BCUT2D eigenvalue weighted by molar-refractivity contribution is 0.297. The van der Waals surface area contributed by atoms with Crippen LogP contribution < -0.4 is 14.8 Å². The smallest absolute Gasteiger partial charge is 0.162 e. The van der Waals surface area contributed by atoms with E-state index < -0.39 is 0 Å². The summed E-state index contributed by atoms with van der Waals surface area (Å²) in [5.41, 5.74) is 1.36. The second-order valence-corrected chi connectivity index (χ2v) is 5.75. The van der Waals surface area contributed by atoms with E-state index in [1.807, 2.05) is 0 Å². The van der Waals surface area contributed by atoms with Crippen LogP contribution in [0.25, 0.3) is 0 Å². The van der Waals surface area contributed by atoms with Crippen LogP contribution in [0.3, 0.4) is 0 Å². The van der Waals surface area contributed by atoms with Crippen LogP contribution in [0.4, 0.5) is 0 Å². The number of nitrogens with one attached hydrogen (secondary N) is 1. The molecule has 2 aliphatic rings. The van der Waals surface area contributed by atoms with E-state index >= 15 is 0 Å². The molecule has 3 rings (SSSR count). The molecule has 0 spiro atoms. The SMILES string of the molecule is Brc1cc2c(cc1C1CCNCC1)OCCCO2. The molecule has 0 amide bonds. The predicted molar refractivity (Wildman–Crippen MR) is 74.6 cm³/mol. The third-order valence-electron chi connectivity index (χ3n) is 3.65. The second-order valence-electron chi connectivity index (χ2n) is 4.90. The van der Waals surface area contributed by atoms with E-state index in [1.165, 1.54) is 18.4 Å². The average molecular weight is 312 g/mol. The first kappa shape index (κ1) is 12.3. The number of ether oxygens (including phenoxy) is 2. The Hall–Kier alpha value is -0.740. The Morgan fingerprint density at radius 1 is 1.06 bits per heavy atom. The largest absolute Gasteiger partial charge is 0.490 e. The highest BCUT2D eigenvalue weighted by molar-refractivity contribution is 9.10. The van der Waals surface area contributed by atoms with Gasteiger partial charge in [-0.05, 0) is 49.5 Å². The monoisotopic (exact) mass is 311 g/mol. The molecule has 1 aromatic carbocycles. The van der Waals surface area contributed by atoms with E-state index in [0.717, 1.165) is 48.7 Å². The van der Waals surface area contributed by atoms with Crippen molar-refractivity contribution in [1.82, 2.24) is 5.32 Å². The van der Waals surface area contributed by atoms with Crippen LogP contribution in [0.15, 0.2) is 16.6 Å². The molecule has 1 fully saturated rings. The molecular weight excluding hydrogens is 294 g/mol. The summed E-state index contributed by atoms with van der Waals surface area (Å²) >= 11 is 3.68. The Labute approximate surface area is 116 Å². The first-order valence-corrected chi connectivity index (χ1v) is 7.43. The summed E-state index contributed by atoms with van der Waals surface area (Å²) in [4.78, 5) is 0. The van der Waals surface area contributed by atoms with Crippen molar-refractivity contribution in [3.8, 4) is 11.5 Å². The fourth-order valence-corrected chi connectivity index (χ4v) is 3.29. The molecule has 1 saturated heterocycles. The van der Waals surface area contributed by atoms with E-state index in [0.29, 0.717) is 5.92 Å². The molecule has 1 aromatic rings. The fourth-order valence-electron chi connectivity index (χ4n) is 2.65. The van der Waals surface area contributed by atoms with Gasteiger partial charge < -0.3 is 14.8 Å². The normalized spacial score (nSPS) is 20.5. The summed E-state index contributed by atoms with van der Waals surface area (Å²) in [5, 5.41) is 3.41. The number of piperidine rings is 1. The molecule has 2 heterocycles. The summed E-state index contributed by atoms with van der Waals surface area (Å²) in [5.74, 6) is 2.40. The minimum Gasteiger partial charge on any atom is -0.490 e. The topological polar surface area (TPSA) is 30.5 Å². The van der Waals surface area contributed by atoms with Gasteiger partial charge in [-0.2, -0.15) is 0 Å². The van der Waals surface area contributed by atoms with Crippen molar-refractivity contribution in [3.05, 3.63) is 22.2 Å². The Morgan fingerprint density at radius 3 is 2.44 bits per heavy atom. The summed E-state index contributed by atoms with van der Waals surface area (Å²) in [6.07, 6.45) is 3.34. The lowest BCUT2D eigenvalue weighted by Crippen LogP contribution is -2.26. The third-order valence-corrected chi connectivity index (χ3v) is 4.33. The van der Waals surface area contributed by atoms with Crippen molar-refractivity contribution in [2.24, 2.45) is 0 Å². The Bertz CT molecular complexity index is 430. The average Bonchev–Trinajstić information content (AvgIpc) is 2.63. The molecule has 0 aromatic heterocycles. The molecular formula is C14H18BrNO2. The summed E-state index contributed by atoms with van der Waals surface area (Å²) < 4.78 is 12.6. The molecule has 0 unspecified atom stereocenters. The van der Waals surface area contributed by atoms with Crippen LogP contribution in [0.5, 0.6) is 11.5 Å². The molecule has 3 nitrogen and oxygen atoms in total. The minimum atomic E-state index is 0.623. The quantitative estimate of drug-likeness (QED) is 0.864. The molecule has 0 saturated carbocycles. The van der Waals surface area contributed by atoms with Gasteiger partial charge in [-0.15, -0.1) is 0 Å².